The zero-order valence-corrected chi connectivity index (χ0v) is 17.3. The van der Waals surface area contributed by atoms with E-state index in [1.165, 1.54) is 20.8 Å². The van der Waals surface area contributed by atoms with E-state index in [1.807, 2.05) is 61.5 Å². The van der Waals surface area contributed by atoms with Gasteiger partial charge in [-0.25, -0.2) is 18.9 Å². The van der Waals surface area contributed by atoms with Gasteiger partial charge in [-0.15, -0.1) is 5.10 Å². The topological polar surface area (TPSA) is 81.3 Å². The van der Waals surface area contributed by atoms with Crippen LogP contribution in [0, 0.1) is 6.92 Å². The van der Waals surface area contributed by atoms with Crippen LogP contribution in [-0.2, 0) is 23.6 Å². The first kappa shape index (κ1) is 19.9. The summed E-state index contributed by atoms with van der Waals surface area (Å²) in [6, 6.07) is 17.9. The summed E-state index contributed by atoms with van der Waals surface area (Å²) in [7, 11) is 0. The maximum absolute atomic E-state index is 12.6. The molecule has 0 unspecified atom stereocenters. The predicted octanol–water partition coefficient (Wildman–Crippen LogP) is 2.81. The van der Waals surface area contributed by atoms with Crippen molar-refractivity contribution >= 4 is 23.3 Å². The van der Waals surface area contributed by atoms with Crippen LogP contribution in [0.25, 0.3) is 5.65 Å². The van der Waals surface area contributed by atoms with E-state index in [-0.39, 0.29) is 18.1 Å². The molecule has 0 spiro atoms. The molecule has 4 rings (SSSR count). The quantitative estimate of drug-likeness (QED) is 0.466. The number of hydrogen-bond acceptors (Lipinski definition) is 5. The monoisotopic (exact) mass is 419 g/mol. The van der Waals surface area contributed by atoms with Crippen LogP contribution in [0.2, 0.25) is 0 Å². The van der Waals surface area contributed by atoms with Gasteiger partial charge in [0, 0.05) is 24.7 Å². The maximum Gasteiger partial charge on any atom is 0.350 e. The number of carbonyl (C=O) groups excluding carboxylic acids is 1. The van der Waals surface area contributed by atoms with Gasteiger partial charge in [0.1, 0.15) is 11.6 Å². The fraction of sp³-hybridized carbons (Fsp3) is 0.182. The predicted molar refractivity (Wildman–Crippen MR) is 116 cm³/mol. The number of carbonyl (C=O) groups is 1. The largest absolute Gasteiger partial charge is 0.350 e. The third-order valence-corrected chi connectivity index (χ3v) is 5.63. The van der Waals surface area contributed by atoms with E-state index in [0.29, 0.717) is 23.0 Å². The number of aryl methyl sites for hydroxylation is 1. The third kappa shape index (κ3) is 4.60. The van der Waals surface area contributed by atoms with Crippen molar-refractivity contribution in [2.75, 3.05) is 0 Å². The highest BCUT2D eigenvalue weighted by molar-refractivity contribution is 7.98. The number of nitrogens with one attached hydrogen (secondary N) is 1. The molecular formula is C22H21N5O2S. The van der Waals surface area contributed by atoms with Crippen molar-refractivity contribution in [1.29, 1.82) is 0 Å². The van der Waals surface area contributed by atoms with Crippen molar-refractivity contribution < 1.29 is 4.79 Å². The number of benzene rings is 2. The summed E-state index contributed by atoms with van der Waals surface area (Å²) in [6.07, 6.45) is 3.14. The number of nitrogens with zero attached hydrogens (tertiary/aromatic N) is 4. The first-order chi connectivity index (χ1) is 14.6. The molecule has 0 aliphatic carbocycles. The van der Waals surface area contributed by atoms with Gasteiger partial charge in [-0.05, 0) is 18.1 Å². The van der Waals surface area contributed by atoms with Crippen LogP contribution in [0.5, 0.6) is 0 Å². The average Bonchev–Trinajstić information content (AvgIpc) is 3.08. The molecule has 152 valence electrons. The molecule has 7 nitrogen and oxygen atoms in total. The lowest BCUT2D eigenvalue weighted by molar-refractivity contribution is -0.122. The van der Waals surface area contributed by atoms with Gasteiger partial charge in [0.25, 0.3) is 0 Å². The third-order valence-electron chi connectivity index (χ3n) is 4.59. The molecule has 0 atom stereocenters. The molecule has 0 bridgehead atoms. The molecule has 1 amide bonds. The minimum Gasteiger partial charge on any atom is -0.350 e. The molecule has 2 aromatic heterocycles. The molecule has 0 aliphatic rings. The van der Waals surface area contributed by atoms with Gasteiger partial charge >= 0.3 is 5.69 Å². The van der Waals surface area contributed by atoms with Crippen molar-refractivity contribution in [2.24, 2.45) is 0 Å². The molecule has 2 heterocycles. The SMILES string of the molecule is Cc1ccc(CNC(=O)Cn2nc3c(SCc4ccccc4)nccn3c2=O)cc1. The summed E-state index contributed by atoms with van der Waals surface area (Å²) < 4.78 is 2.60. The van der Waals surface area contributed by atoms with Gasteiger partial charge in [-0.2, -0.15) is 0 Å². The molecule has 0 saturated heterocycles. The zero-order chi connectivity index (χ0) is 20.9. The van der Waals surface area contributed by atoms with E-state index in [2.05, 4.69) is 15.4 Å². The lowest BCUT2D eigenvalue weighted by Gasteiger charge is -2.05. The van der Waals surface area contributed by atoms with Crippen molar-refractivity contribution in [3.63, 3.8) is 0 Å². The van der Waals surface area contributed by atoms with E-state index in [0.717, 1.165) is 16.7 Å². The van der Waals surface area contributed by atoms with Crippen molar-refractivity contribution in [2.45, 2.75) is 30.8 Å². The van der Waals surface area contributed by atoms with Gasteiger partial charge in [0.2, 0.25) is 5.91 Å². The lowest BCUT2D eigenvalue weighted by Crippen LogP contribution is -2.32. The second-order valence-corrected chi connectivity index (χ2v) is 7.87. The molecule has 0 aliphatic heterocycles. The van der Waals surface area contributed by atoms with Gasteiger partial charge in [-0.3, -0.25) is 4.79 Å². The molecule has 0 saturated carbocycles. The van der Waals surface area contributed by atoms with Crippen molar-refractivity contribution in [3.05, 3.63) is 94.2 Å². The number of amides is 1. The summed E-state index contributed by atoms with van der Waals surface area (Å²) in [5.41, 5.74) is 3.41. The Bertz CT molecular complexity index is 1220. The molecule has 0 fully saturated rings. The van der Waals surface area contributed by atoms with Crippen molar-refractivity contribution in [1.82, 2.24) is 24.5 Å². The van der Waals surface area contributed by atoms with Crippen molar-refractivity contribution in [3.8, 4) is 0 Å². The normalized spacial score (nSPS) is 11.0. The fourth-order valence-corrected chi connectivity index (χ4v) is 3.85. The minimum absolute atomic E-state index is 0.144. The highest BCUT2D eigenvalue weighted by Gasteiger charge is 2.14. The average molecular weight is 420 g/mol. The molecule has 8 heteroatoms. The first-order valence-corrected chi connectivity index (χ1v) is 10.5. The number of hydrogen-bond donors (Lipinski definition) is 1. The summed E-state index contributed by atoms with van der Waals surface area (Å²) in [5, 5.41) is 7.84. The second-order valence-electron chi connectivity index (χ2n) is 6.90. The Morgan fingerprint density at radius 1 is 1.07 bits per heavy atom. The molecule has 4 aromatic rings. The summed E-state index contributed by atoms with van der Waals surface area (Å²) in [4.78, 5) is 29.4. The maximum atomic E-state index is 12.6. The van der Waals surface area contributed by atoms with Crippen LogP contribution >= 0.6 is 11.8 Å². The Morgan fingerprint density at radius 3 is 2.60 bits per heavy atom. The summed E-state index contributed by atoms with van der Waals surface area (Å²) in [5.74, 6) is 0.443. The Labute approximate surface area is 177 Å². The van der Waals surface area contributed by atoms with Gasteiger partial charge in [-0.1, -0.05) is 71.9 Å². The van der Waals surface area contributed by atoms with Crippen LogP contribution in [0.4, 0.5) is 0 Å². The summed E-state index contributed by atoms with van der Waals surface area (Å²) >= 11 is 1.51. The Hall–Kier alpha value is -3.39. The Balaban J connectivity index is 1.46. The van der Waals surface area contributed by atoms with Gasteiger partial charge in [0.15, 0.2) is 5.65 Å². The molecule has 1 N–H and O–H groups in total. The smallest absolute Gasteiger partial charge is 0.350 e. The van der Waals surface area contributed by atoms with Gasteiger partial charge < -0.3 is 5.32 Å². The first-order valence-electron chi connectivity index (χ1n) is 9.53. The summed E-state index contributed by atoms with van der Waals surface area (Å²) in [6.45, 7) is 2.27. The van der Waals surface area contributed by atoms with E-state index in [4.69, 9.17) is 0 Å². The molecule has 2 aromatic carbocycles. The standard InChI is InChI=1S/C22H21N5O2S/c1-16-7-9-17(10-8-16)13-24-19(28)14-27-22(29)26-12-11-23-21(20(26)25-27)30-15-18-5-3-2-4-6-18/h2-12H,13-15H2,1H3,(H,24,28). The Morgan fingerprint density at radius 2 is 1.83 bits per heavy atom. The van der Waals surface area contributed by atoms with Crippen LogP contribution in [0.1, 0.15) is 16.7 Å². The molecular weight excluding hydrogens is 398 g/mol. The molecule has 0 radical (unpaired) electrons. The molecule has 30 heavy (non-hydrogen) atoms. The number of thioether (sulfide) groups is 1. The van der Waals surface area contributed by atoms with E-state index in [9.17, 15) is 9.59 Å². The van der Waals surface area contributed by atoms with E-state index < -0.39 is 0 Å². The van der Waals surface area contributed by atoms with Gasteiger partial charge in [0.05, 0.1) is 0 Å². The van der Waals surface area contributed by atoms with Crippen LogP contribution in [0.3, 0.4) is 0 Å². The zero-order valence-electron chi connectivity index (χ0n) is 16.5. The Kier molecular flexibility index (Phi) is 5.94. The highest BCUT2D eigenvalue weighted by atomic mass is 32.2. The number of fused-ring (bicyclic) bond motifs is 1. The fourth-order valence-electron chi connectivity index (χ4n) is 2.96. The van der Waals surface area contributed by atoms with Crippen LogP contribution < -0.4 is 11.0 Å². The second kappa shape index (κ2) is 8.96. The number of aromatic nitrogens is 4. The number of rotatable bonds is 7. The van der Waals surface area contributed by atoms with Crippen LogP contribution in [-0.4, -0.2) is 25.1 Å². The van der Waals surface area contributed by atoms with E-state index in [1.54, 1.807) is 12.4 Å². The van der Waals surface area contributed by atoms with E-state index >= 15 is 0 Å². The van der Waals surface area contributed by atoms with Crippen LogP contribution in [0.15, 0.2) is 76.8 Å². The lowest BCUT2D eigenvalue weighted by atomic mass is 10.1. The highest BCUT2D eigenvalue weighted by Crippen LogP contribution is 2.23. The minimum atomic E-state index is -0.362.